The topological polar surface area (TPSA) is 23.0 Å². The van der Waals surface area contributed by atoms with E-state index in [-0.39, 0.29) is 0 Å². The quantitative estimate of drug-likeness (QED) is 0.227. The van der Waals surface area contributed by atoms with Gasteiger partial charge in [-0.1, -0.05) is 67.3 Å². The van der Waals surface area contributed by atoms with Crippen LogP contribution in [-0.4, -0.2) is 9.13 Å². The minimum Gasteiger partial charge on any atom is -0.456 e. The van der Waals surface area contributed by atoms with Gasteiger partial charge in [0.1, 0.15) is 11.2 Å². The highest BCUT2D eigenvalue weighted by atomic mass is 16.3. The van der Waals surface area contributed by atoms with Gasteiger partial charge in [0.25, 0.3) is 0 Å². The van der Waals surface area contributed by atoms with Crippen LogP contribution < -0.4 is 0 Å². The van der Waals surface area contributed by atoms with Crippen molar-refractivity contribution < 1.29 is 4.42 Å². The molecule has 0 saturated heterocycles. The zero-order chi connectivity index (χ0) is 25.4. The third-order valence-electron chi connectivity index (χ3n) is 7.85. The van der Waals surface area contributed by atoms with Crippen molar-refractivity contribution >= 4 is 71.2 Å². The molecule has 8 aromatic rings. The van der Waals surface area contributed by atoms with E-state index in [1.165, 1.54) is 43.6 Å². The number of aromatic nitrogens is 2. The number of allylic oxidation sites excluding steroid dienone is 3. The molecule has 0 fully saturated rings. The number of benzene rings is 5. The Kier molecular flexibility index (Phi) is 4.30. The second-order valence-electron chi connectivity index (χ2n) is 9.76. The van der Waals surface area contributed by atoms with Gasteiger partial charge in [-0.05, 0) is 61.5 Å². The summed E-state index contributed by atoms with van der Waals surface area (Å²) in [5.74, 6) is 0. The van der Waals surface area contributed by atoms with Gasteiger partial charge in [-0.3, -0.25) is 0 Å². The van der Waals surface area contributed by atoms with Gasteiger partial charge in [0, 0.05) is 43.7 Å². The van der Waals surface area contributed by atoms with Gasteiger partial charge < -0.3 is 13.6 Å². The molecule has 0 bridgehead atoms. The first-order valence-electron chi connectivity index (χ1n) is 12.9. The van der Waals surface area contributed by atoms with E-state index in [1.807, 2.05) is 18.2 Å². The van der Waals surface area contributed by atoms with E-state index in [2.05, 4.69) is 120 Å². The lowest BCUT2D eigenvalue weighted by atomic mass is 10.1. The smallest absolute Gasteiger partial charge is 0.135 e. The number of para-hydroxylation sites is 3. The molecule has 38 heavy (non-hydrogen) atoms. The Morgan fingerprint density at radius 1 is 0.632 bits per heavy atom. The predicted molar refractivity (Wildman–Crippen MR) is 161 cm³/mol. The monoisotopic (exact) mass is 488 g/mol. The van der Waals surface area contributed by atoms with Gasteiger partial charge in [0.2, 0.25) is 0 Å². The average Bonchev–Trinajstić information content (AvgIpc) is 3.61. The number of fused-ring (bicyclic) bond motifs is 10. The van der Waals surface area contributed by atoms with Gasteiger partial charge in [0.05, 0.1) is 22.1 Å². The summed E-state index contributed by atoms with van der Waals surface area (Å²) in [6.07, 6.45) is 4.06. The van der Waals surface area contributed by atoms with E-state index in [1.54, 1.807) is 0 Å². The number of rotatable bonds is 3. The van der Waals surface area contributed by atoms with Gasteiger partial charge >= 0.3 is 0 Å². The van der Waals surface area contributed by atoms with E-state index < -0.39 is 0 Å². The summed E-state index contributed by atoms with van der Waals surface area (Å²) in [5.41, 5.74) is 8.78. The zero-order valence-electron chi connectivity index (χ0n) is 21.0. The van der Waals surface area contributed by atoms with Crippen molar-refractivity contribution in [2.45, 2.75) is 6.92 Å². The molecule has 180 valence electrons. The molecule has 0 aliphatic heterocycles. The molecular weight excluding hydrogens is 464 g/mol. The molecule has 0 amide bonds. The van der Waals surface area contributed by atoms with Crippen LogP contribution in [0.25, 0.3) is 76.9 Å². The lowest BCUT2D eigenvalue weighted by molar-refractivity contribution is 0.669. The summed E-state index contributed by atoms with van der Waals surface area (Å²) < 4.78 is 10.8. The molecule has 8 rings (SSSR count). The summed E-state index contributed by atoms with van der Waals surface area (Å²) in [4.78, 5) is 0. The van der Waals surface area contributed by atoms with Crippen molar-refractivity contribution in [2.24, 2.45) is 0 Å². The van der Waals surface area contributed by atoms with Crippen molar-refractivity contribution in [1.29, 1.82) is 0 Å². The SMILES string of the molecule is C=C/C(=C\C)n1c2ccccc2c2c3c4ccccc4n(-c4ccc5oc6ccccc6c5c4)c3ccc21. The van der Waals surface area contributed by atoms with Gasteiger partial charge in [-0.2, -0.15) is 0 Å². The predicted octanol–water partition coefficient (Wildman–Crippen LogP) is 9.84. The van der Waals surface area contributed by atoms with E-state index in [0.717, 1.165) is 33.3 Å². The summed E-state index contributed by atoms with van der Waals surface area (Å²) in [6, 6.07) is 36.7. The fraction of sp³-hybridized carbons (Fsp3) is 0.0286. The van der Waals surface area contributed by atoms with Crippen LogP contribution in [0.1, 0.15) is 6.92 Å². The highest BCUT2D eigenvalue weighted by Crippen LogP contribution is 2.42. The third kappa shape index (κ3) is 2.68. The lowest BCUT2D eigenvalue weighted by Crippen LogP contribution is -1.95. The Morgan fingerprint density at radius 2 is 1.26 bits per heavy atom. The molecule has 0 spiro atoms. The first-order chi connectivity index (χ1) is 18.8. The molecule has 3 heterocycles. The molecule has 0 saturated carbocycles. The zero-order valence-corrected chi connectivity index (χ0v) is 21.0. The Labute approximate surface area is 219 Å². The van der Waals surface area contributed by atoms with Crippen LogP contribution in [0.5, 0.6) is 0 Å². The second kappa shape index (κ2) is 7.74. The summed E-state index contributed by atoms with van der Waals surface area (Å²) >= 11 is 0. The van der Waals surface area contributed by atoms with E-state index in [0.29, 0.717) is 0 Å². The largest absolute Gasteiger partial charge is 0.456 e. The Balaban J connectivity index is 1.55. The van der Waals surface area contributed by atoms with E-state index in [9.17, 15) is 0 Å². The van der Waals surface area contributed by atoms with Crippen molar-refractivity contribution in [3.05, 3.63) is 122 Å². The Bertz CT molecular complexity index is 2270. The third-order valence-corrected chi connectivity index (χ3v) is 7.85. The second-order valence-corrected chi connectivity index (χ2v) is 9.76. The first kappa shape index (κ1) is 21.1. The number of nitrogens with zero attached hydrogens (tertiary/aromatic N) is 2. The van der Waals surface area contributed by atoms with E-state index >= 15 is 0 Å². The van der Waals surface area contributed by atoms with Crippen LogP contribution >= 0.6 is 0 Å². The van der Waals surface area contributed by atoms with Crippen molar-refractivity contribution in [1.82, 2.24) is 9.13 Å². The molecule has 0 atom stereocenters. The summed E-state index contributed by atoms with van der Waals surface area (Å²) in [7, 11) is 0. The lowest BCUT2D eigenvalue weighted by Gasteiger charge is -2.09. The highest BCUT2D eigenvalue weighted by Gasteiger charge is 2.20. The van der Waals surface area contributed by atoms with Crippen molar-refractivity contribution in [2.75, 3.05) is 0 Å². The summed E-state index contributed by atoms with van der Waals surface area (Å²) in [6.45, 7) is 6.17. The van der Waals surface area contributed by atoms with Crippen LogP contribution in [0.2, 0.25) is 0 Å². The first-order valence-corrected chi connectivity index (χ1v) is 12.9. The number of hydrogen-bond donors (Lipinski definition) is 0. The van der Waals surface area contributed by atoms with Gasteiger partial charge in [0.15, 0.2) is 0 Å². The van der Waals surface area contributed by atoms with E-state index in [4.69, 9.17) is 4.42 Å². The number of hydrogen-bond acceptors (Lipinski definition) is 1. The molecule has 3 nitrogen and oxygen atoms in total. The number of furan rings is 1. The van der Waals surface area contributed by atoms with Gasteiger partial charge in [-0.15, -0.1) is 0 Å². The fourth-order valence-electron chi connectivity index (χ4n) is 6.27. The standard InChI is InChI=1S/C35H24N2O/c1-3-22(4-2)36-28-14-8-5-12-25(28)34-30(36)18-19-31-35(34)26-13-6-9-15-29(26)37(31)23-17-20-33-27(21-23)24-11-7-10-16-32(24)38-33/h3-21H,1H2,2H3/b22-4+. The van der Waals surface area contributed by atoms with Crippen molar-refractivity contribution in [3.63, 3.8) is 0 Å². The van der Waals surface area contributed by atoms with Crippen LogP contribution in [0, 0.1) is 0 Å². The van der Waals surface area contributed by atoms with Crippen LogP contribution in [0.4, 0.5) is 0 Å². The van der Waals surface area contributed by atoms with Crippen molar-refractivity contribution in [3.8, 4) is 5.69 Å². The van der Waals surface area contributed by atoms with Crippen LogP contribution in [-0.2, 0) is 0 Å². The molecule has 3 heteroatoms. The molecular formula is C35H24N2O. The fourth-order valence-corrected chi connectivity index (χ4v) is 6.27. The Morgan fingerprint density at radius 3 is 2.05 bits per heavy atom. The molecule has 0 aliphatic rings. The molecule has 0 unspecified atom stereocenters. The molecule has 3 aromatic heterocycles. The van der Waals surface area contributed by atoms with Gasteiger partial charge in [-0.25, -0.2) is 0 Å². The minimum absolute atomic E-state index is 0.907. The summed E-state index contributed by atoms with van der Waals surface area (Å²) in [5, 5.41) is 7.29. The molecule has 0 radical (unpaired) electrons. The maximum absolute atomic E-state index is 6.13. The minimum atomic E-state index is 0.907. The molecule has 5 aromatic carbocycles. The van der Waals surface area contributed by atoms with Crippen LogP contribution in [0.3, 0.4) is 0 Å². The molecule has 0 N–H and O–H groups in total. The Hall–Kier alpha value is -5.02. The molecule has 0 aliphatic carbocycles. The average molecular weight is 489 g/mol. The maximum Gasteiger partial charge on any atom is 0.135 e. The highest BCUT2D eigenvalue weighted by molar-refractivity contribution is 6.29. The normalized spacial score (nSPS) is 12.6. The van der Waals surface area contributed by atoms with Crippen LogP contribution in [0.15, 0.2) is 126 Å². The maximum atomic E-state index is 6.13.